The van der Waals surface area contributed by atoms with Crippen LogP contribution in [0.2, 0.25) is 0 Å². The van der Waals surface area contributed by atoms with Crippen molar-refractivity contribution in [3.63, 3.8) is 0 Å². The first kappa shape index (κ1) is 16.3. The summed E-state index contributed by atoms with van der Waals surface area (Å²) >= 11 is 1.72. The van der Waals surface area contributed by atoms with Gasteiger partial charge >= 0.3 is 0 Å². The maximum absolute atomic E-state index is 13.8. The molecular weight excluding hydrogens is 337 g/mol. The van der Waals surface area contributed by atoms with Crippen LogP contribution in [0, 0.1) is 5.82 Å². The van der Waals surface area contributed by atoms with E-state index in [9.17, 15) is 9.18 Å². The first-order chi connectivity index (χ1) is 12.2. The summed E-state index contributed by atoms with van der Waals surface area (Å²) in [6.07, 6.45) is 2.41. The third-order valence-electron chi connectivity index (χ3n) is 4.76. The molecule has 3 heterocycles. The molecule has 2 aromatic heterocycles. The van der Waals surface area contributed by atoms with E-state index in [0.29, 0.717) is 23.1 Å². The van der Waals surface area contributed by atoms with Crippen LogP contribution >= 0.6 is 11.3 Å². The van der Waals surface area contributed by atoms with Crippen LogP contribution in [-0.2, 0) is 0 Å². The van der Waals surface area contributed by atoms with Crippen LogP contribution in [0.1, 0.15) is 34.2 Å². The van der Waals surface area contributed by atoms with Gasteiger partial charge in [-0.1, -0.05) is 12.1 Å². The standard InChI is InChI=1S/C19H20FN3OS/c20-14-5-3-6-15-13(14)11-16(22-15)19(24)21-12-17(18-7-4-10-25-18)23-8-1-2-9-23/h3-7,10-11,17,22H,1-2,8-9,12H2,(H,21,24). The molecule has 1 atom stereocenters. The average Bonchev–Trinajstić information content (AvgIpc) is 3.36. The number of nitrogens with zero attached hydrogens (tertiary/aromatic N) is 1. The van der Waals surface area contributed by atoms with Crippen molar-refractivity contribution in [3.8, 4) is 0 Å². The summed E-state index contributed by atoms with van der Waals surface area (Å²) in [5.41, 5.74) is 1.03. The second-order valence-corrected chi connectivity index (χ2v) is 7.35. The Kier molecular flexibility index (Phi) is 4.55. The van der Waals surface area contributed by atoms with Gasteiger partial charge in [0.2, 0.25) is 0 Å². The van der Waals surface area contributed by atoms with E-state index in [1.807, 2.05) is 6.07 Å². The number of amides is 1. The average molecular weight is 357 g/mol. The number of nitrogens with one attached hydrogen (secondary N) is 2. The normalized spacial score (nSPS) is 16.4. The van der Waals surface area contributed by atoms with Gasteiger partial charge in [-0.25, -0.2) is 4.39 Å². The molecule has 1 aliphatic heterocycles. The molecule has 0 aliphatic carbocycles. The molecule has 4 nitrogen and oxygen atoms in total. The summed E-state index contributed by atoms with van der Waals surface area (Å²) in [4.78, 5) is 19.2. The minimum Gasteiger partial charge on any atom is -0.350 e. The van der Waals surface area contributed by atoms with Crippen LogP contribution in [0.4, 0.5) is 4.39 Å². The highest BCUT2D eigenvalue weighted by atomic mass is 32.1. The second kappa shape index (κ2) is 6.98. The molecule has 0 radical (unpaired) electrons. The molecule has 1 unspecified atom stereocenters. The van der Waals surface area contributed by atoms with Gasteiger partial charge in [0.05, 0.1) is 6.04 Å². The molecule has 3 aromatic rings. The minimum atomic E-state index is -0.318. The first-order valence-corrected chi connectivity index (χ1v) is 9.43. The van der Waals surface area contributed by atoms with E-state index >= 15 is 0 Å². The molecule has 6 heteroatoms. The fourth-order valence-electron chi connectivity index (χ4n) is 3.47. The van der Waals surface area contributed by atoms with Crippen molar-refractivity contribution in [2.45, 2.75) is 18.9 Å². The lowest BCUT2D eigenvalue weighted by Gasteiger charge is -2.26. The van der Waals surface area contributed by atoms with Crippen molar-refractivity contribution in [2.24, 2.45) is 0 Å². The Balaban J connectivity index is 1.49. The van der Waals surface area contributed by atoms with Crippen molar-refractivity contribution in [1.82, 2.24) is 15.2 Å². The van der Waals surface area contributed by atoms with Gasteiger partial charge in [-0.3, -0.25) is 9.69 Å². The van der Waals surface area contributed by atoms with Gasteiger partial charge in [0.15, 0.2) is 0 Å². The quantitative estimate of drug-likeness (QED) is 0.727. The van der Waals surface area contributed by atoms with Gasteiger partial charge in [-0.15, -0.1) is 11.3 Å². The Morgan fingerprint density at radius 2 is 2.12 bits per heavy atom. The summed E-state index contributed by atoms with van der Waals surface area (Å²) in [6.45, 7) is 2.68. The molecule has 0 spiro atoms. The summed E-state index contributed by atoms with van der Waals surface area (Å²) in [6, 6.07) is 10.8. The predicted octanol–water partition coefficient (Wildman–Crippen LogP) is 3.94. The van der Waals surface area contributed by atoms with Gasteiger partial charge in [0.1, 0.15) is 11.5 Å². The van der Waals surface area contributed by atoms with Crippen molar-refractivity contribution in [2.75, 3.05) is 19.6 Å². The van der Waals surface area contributed by atoms with Crippen molar-refractivity contribution in [1.29, 1.82) is 0 Å². The van der Waals surface area contributed by atoms with E-state index < -0.39 is 0 Å². The number of hydrogen-bond donors (Lipinski definition) is 2. The van der Waals surface area contributed by atoms with Crippen molar-refractivity contribution >= 4 is 28.1 Å². The van der Waals surface area contributed by atoms with E-state index in [4.69, 9.17) is 0 Å². The summed E-state index contributed by atoms with van der Waals surface area (Å²) in [7, 11) is 0. The van der Waals surface area contributed by atoms with E-state index in [1.165, 1.54) is 23.8 Å². The summed E-state index contributed by atoms with van der Waals surface area (Å²) in [5, 5.41) is 5.53. The number of hydrogen-bond acceptors (Lipinski definition) is 3. The minimum absolute atomic E-state index is 0.198. The molecule has 25 heavy (non-hydrogen) atoms. The molecule has 0 bridgehead atoms. The topological polar surface area (TPSA) is 48.1 Å². The third kappa shape index (κ3) is 3.32. The maximum Gasteiger partial charge on any atom is 0.267 e. The molecule has 1 aliphatic rings. The summed E-state index contributed by atoms with van der Waals surface area (Å²) < 4.78 is 13.8. The molecule has 1 fully saturated rings. The molecule has 0 saturated carbocycles. The Morgan fingerprint density at radius 3 is 2.84 bits per heavy atom. The Hall–Kier alpha value is -2.18. The Bertz CT molecular complexity index is 868. The zero-order valence-electron chi connectivity index (χ0n) is 13.8. The first-order valence-electron chi connectivity index (χ1n) is 8.55. The molecule has 1 saturated heterocycles. The number of likely N-dealkylation sites (tertiary alicyclic amines) is 1. The molecule has 1 amide bonds. The zero-order chi connectivity index (χ0) is 17.2. The van der Waals surface area contributed by atoms with E-state index in [0.717, 1.165) is 13.1 Å². The van der Waals surface area contributed by atoms with Gasteiger partial charge in [-0.05, 0) is 55.6 Å². The van der Waals surface area contributed by atoms with Crippen LogP contribution < -0.4 is 5.32 Å². The van der Waals surface area contributed by atoms with E-state index in [2.05, 4.69) is 26.6 Å². The van der Waals surface area contributed by atoms with Gasteiger partial charge in [0.25, 0.3) is 5.91 Å². The number of H-pyrrole nitrogens is 1. The maximum atomic E-state index is 13.8. The monoisotopic (exact) mass is 357 g/mol. The lowest BCUT2D eigenvalue weighted by atomic mass is 10.2. The van der Waals surface area contributed by atoms with E-state index in [-0.39, 0.29) is 17.8 Å². The lowest BCUT2D eigenvalue weighted by Crippen LogP contribution is -2.36. The van der Waals surface area contributed by atoms with Crippen molar-refractivity contribution in [3.05, 3.63) is 58.2 Å². The number of carbonyl (C=O) groups is 1. The van der Waals surface area contributed by atoms with Gasteiger partial charge < -0.3 is 10.3 Å². The largest absolute Gasteiger partial charge is 0.350 e. The smallest absolute Gasteiger partial charge is 0.267 e. The van der Waals surface area contributed by atoms with Crippen LogP contribution in [0.25, 0.3) is 10.9 Å². The number of aromatic nitrogens is 1. The third-order valence-corrected chi connectivity index (χ3v) is 5.74. The molecule has 1 aromatic carbocycles. The predicted molar refractivity (Wildman–Crippen MR) is 98.5 cm³/mol. The van der Waals surface area contributed by atoms with E-state index in [1.54, 1.807) is 29.5 Å². The highest BCUT2D eigenvalue weighted by Crippen LogP contribution is 2.28. The number of benzene rings is 1. The second-order valence-electron chi connectivity index (χ2n) is 6.37. The Morgan fingerprint density at radius 1 is 1.28 bits per heavy atom. The van der Waals surface area contributed by atoms with Gasteiger partial charge in [-0.2, -0.15) is 0 Å². The number of thiophene rings is 1. The van der Waals surface area contributed by atoms with Gasteiger partial charge in [0, 0.05) is 22.3 Å². The molecule has 2 N–H and O–H groups in total. The number of halogens is 1. The fraction of sp³-hybridized carbons (Fsp3) is 0.316. The number of aromatic amines is 1. The molecular formula is C19H20FN3OS. The zero-order valence-corrected chi connectivity index (χ0v) is 14.6. The SMILES string of the molecule is O=C(NCC(c1cccs1)N1CCCC1)c1cc2c(F)cccc2[nH]1. The summed E-state index contributed by atoms with van der Waals surface area (Å²) in [5.74, 6) is -0.516. The van der Waals surface area contributed by atoms with Crippen LogP contribution in [0.15, 0.2) is 41.8 Å². The highest BCUT2D eigenvalue weighted by molar-refractivity contribution is 7.10. The van der Waals surface area contributed by atoms with Crippen LogP contribution in [0.3, 0.4) is 0 Å². The lowest BCUT2D eigenvalue weighted by molar-refractivity contribution is 0.0934. The fourth-order valence-corrected chi connectivity index (χ4v) is 4.33. The van der Waals surface area contributed by atoms with Crippen LogP contribution in [-0.4, -0.2) is 35.4 Å². The van der Waals surface area contributed by atoms with Crippen molar-refractivity contribution < 1.29 is 9.18 Å². The molecule has 4 rings (SSSR count). The highest BCUT2D eigenvalue weighted by Gasteiger charge is 2.25. The Labute approximate surface area is 149 Å². The number of fused-ring (bicyclic) bond motifs is 1. The molecule has 130 valence electrons. The number of carbonyl (C=O) groups excluding carboxylic acids is 1. The van der Waals surface area contributed by atoms with Crippen LogP contribution in [0.5, 0.6) is 0 Å². The number of rotatable bonds is 5.